The second-order valence-corrected chi connectivity index (χ2v) is 8.45. The quantitative estimate of drug-likeness (QED) is 0.896. The predicted octanol–water partition coefficient (Wildman–Crippen LogP) is 2.14. The summed E-state index contributed by atoms with van der Waals surface area (Å²) < 4.78 is 27.7. The first-order valence-corrected chi connectivity index (χ1v) is 8.85. The molecule has 7 heteroatoms. The maximum atomic E-state index is 12.3. The number of sulfonamides is 1. The molecule has 0 amide bonds. The van der Waals surface area contributed by atoms with Crippen molar-refractivity contribution in [3.63, 3.8) is 0 Å². The third-order valence-electron chi connectivity index (χ3n) is 3.93. The van der Waals surface area contributed by atoms with E-state index in [1.807, 2.05) is 0 Å². The van der Waals surface area contributed by atoms with Gasteiger partial charge in [-0.25, -0.2) is 18.1 Å². The number of aromatic nitrogens is 1. The SMILES string of the molecule is Cc1nc(N)sc1S(=O)(=O)NC1CCC(C)C(C)C1. The van der Waals surface area contributed by atoms with Crippen LogP contribution in [0.25, 0.3) is 0 Å². The number of thiazole rings is 1. The first kappa shape index (κ1) is 14.7. The van der Waals surface area contributed by atoms with E-state index in [0.29, 0.717) is 22.7 Å². The van der Waals surface area contributed by atoms with Crippen molar-refractivity contribution in [2.45, 2.75) is 50.3 Å². The van der Waals surface area contributed by atoms with Crippen LogP contribution in [0.4, 0.5) is 5.13 Å². The molecule has 1 aromatic rings. The molecule has 3 atom stereocenters. The molecule has 1 heterocycles. The van der Waals surface area contributed by atoms with Gasteiger partial charge in [-0.15, -0.1) is 0 Å². The number of nitrogens with two attached hydrogens (primary N) is 1. The van der Waals surface area contributed by atoms with E-state index in [1.165, 1.54) is 0 Å². The standard InChI is InChI=1S/C12H21N3O2S2/c1-7-4-5-10(6-8(7)2)15-19(16,17)11-9(3)14-12(13)18-11/h7-8,10,15H,4-6H2,1-3H3,(H2,13,14). The summed E-state index contributed by atoms with van der Waals surface area (Å²) in [6.07, 6.45) is 2.87. The van der Waals surface area contributed by atoms with Crippen LogP contribution < -0.4 is 10.5 Å². The van der Waals surface area contributed by atoms with E-state index in [0.717, 1.165) is 30.6 Å². The van der Waals surface area contributed by atoms with Crippen molar-refractivity contribution < 1.29 is 8.42 Å². The number of anilines is 1. The Morgan fingerprint density at radius 2 is 2.00 bits per heavy atom. The normalized spacial score (nSPS) is 28.5. The number of hydrogen-bond acceptors (Lipinski definition) is 5. The summed E-state index contributed by atoms with van der Waals surface area (Å²) in [6, 6.07) is 0.0268. The highest BCUT2D eigenvalue weighted by atomic mass is 32.2. The molecule has 1 saturated carbocycles. The molecule has 5 nitrogen and oxygen atoms in total. The van der Waals surface area contributed by atoms with E-state index in [9.17, 15) is 8.42 Å². The highest BCUT2D eigenvalue weighted by molar-refractivity contribution is 7.91. The third kappa shape index (κ3) is 3.27. The molecular formula is C12H21N3O2S2. The van der Waals surface area contributed by atoms with Gasteiger partial charge in [-0.1, -0.05) is 25.2 Å². The molecule has 0 saturated heterocycles. The molecule has 0 spiro atoms. The van der Waals surface area contributed by atoms with Gasteiger partial charge in [-0.2, -0.15) is 0 Å². The molecule has 0 bridgehead atoms. The molecule has 108 valence electrons. The van der Waals surface area contributed by atoms with Crippen LogP contribution in [0.3, 0.4) is 0 Å². The van der Waals surface area contributed by atoms with Crippen molar-refractivity contribution in [2.75, 3.05) is 5.73 Å². The van der Waals surface area contributed by atoms with E-state index in [1.54, 1.807) is 6.92 Å². The van der Waals surface area contributed by atoms with Gasteiger partial charge in [0.25, 0.3) is 10.0 Å². The van der Waals surface area contributed by atoms with E-state index in [-0.39, 0.29) is 10.3 Å². The first-order valence-electron chi connectivity index (χ1n) is 6.55. The fourth-order valence-electron chi connectivity index (χ4n) is 2.58. The lowest BCUT2D eigenvalue weighted by Crippen LogP contribution is -2.39. The maximum Gasteiger partial charge on any atom is 0.252 e. The second kappa shape index (κ2) is 5.38. The lowest BCUT2D eigenvalue weighted by atomic mass is 9.79. The zero-order chi connectivity index (χ0) is 14.2. The van der Waals surface area contributed by atoms with Gasteiger partial charge in [0.05, 0.1) is 5.69 Å². The predicted molar refractivity (Wildman–Crippen MR) is 77.6 cm³/mol. The fourth-order valence-corrected chi connectivity index (χ4v) is 5.18. The van der Waals surface area contributed by atoms with E-state index < -0.39 is 10.0 Å². The van der Waals surface area contributed by atoms with Crippen LogP contribution in [0.5, 0.6) is 0 Å². The summed E-state index contributed by atoms with van der Waals surface area (Å²) in [6.45, 7) is 6.08. The Morgan fingerprint density at radius 3 is 2.53 bits per heavy atom. The van der Waals surface area contributed by atoms with E-state index in [4.69, 9.17) is 5.73 Å². The van der Waals surface area contributed by atoms with Gasteiger partial charge >= 0.3 is 0 Å². The summed E-state index contributed by atoms with van der Waals surface area (Å²) in [5.41, 5.74) is 6.04. The largest absolute Gasteiger partial charge is 0.375 e. The smallest absolute Gasteiger partial charge is 0.252 e. The second-order valence-electron chi connectivity index (χ2n) is 5.51. The van der Waals surface area contributed by atoms with Gasteiger partial charge in [-0.3, -0.25) is 0 Å². The van der Waals surface area contributed by atoms with Crippen LogP contribution in [-0.4, -0.2) is 19.4 Å². The van der Waals surface area contributed by atoms with E-state index >= 15 is 0 Å². The number of aryl methyl sites for hydroxylation is 1. The molecule has 1 fully saturated rings. The van der Waals surface area contributed by atoms with Gasteiger partial charge < -0.3 is 5.73 Å². The van der Waals surface area contributed by atoms with Crippen LogP contribution in [0.2, 0.25) is 0 Å². The summed E-state index contributed by atoms with van der Waals surface area (Å²) >= 11 is 1.03. The Bertz CT molecular complexity index is 553. The van der Waals surface area contributed by atoms with Crippen molar-refractivity contribution >= 4 is 26.5 Å². The molecule has 2 rings (SSSR count). The molecule has 0 aliphatic heterocycles. The van der Waals surface area contributed by atoms with E-state index in [2.05, 4.69) is 23.6 Å². The van der Waals surface area contributed by atoms with Crippen LogP contribution in [-0.2, 0) is 10.0 Å². The first-order chi connectivity index (χ1) is 8.79. The molecule has 1 aromatic heterocycles. The number of hydrogen-bond donors (Lipinski definition) is 2. The Morgan fingerprint density at radius 1 is 1.32 bits per heavy atom. The molecule has 1 aliphatic rings. The van der Waals surface area contributed by atoms with Crippen LogP contribution >= 0.6 is 11.3 Å². The lowest BCUT2D eigenvalue weighted by molar-refractivity contribution is 0.242. The van der Waals surface area contributed by atoms with Crippen LogP contribution in [0.15, 0.2) is 4.21 Å². The Balaban J connectivity index is 2.12. The number of rotatable bonds is 3. The summed E-state index contributed by atoms with van der Waals surface area (Å²) in [5, 5.41) is 0.295. The average Bonchev–Trinajstić information content (AvgIpc) is 2.63. The zero-order valence-corrected chi connectivity index (χ0v) is 13.1. The minimum Gasteiger partial charge on any atom is -0.375 e. The molecule has 3 unspecified atom stereocenters. The van der Waals surface area contributed by atoms with Gasteiger partial charge in [0.1, 0.15) is 0 Å². The average molecular weight is 303 g/mol. The summed E-state index contributed by atoms with van der Waals surface area (Å²) in [5.74, 6) is 1.22. The Labute approximate surface area is 118 Å². The highest BCUT2D eigenvalue weighted by Gasteiger charge is 2.30. The Hall–Kier alpha value is -0.660. The van der Waals surface area contributed by atoms with Gasteiger partial charge in [0.15, 0.2) is 9.34 Å². The summed E-state index contributed by atoms with van der Waals surface area (Å²) in [4.78, 5) is 3.97. The van der Waals surface area contributed by atoms with Crippen molar-refractivity contribution in [3.05, 3.63) is 5.69 Å². The number of nitrogens with zero attached hydrogens (tertiary/aromatic N) is 1. The summed E-state index contributed by atoms with van der Waals surface area (Å²) in [7, 11) is -3.48. The molecule has 3 N–H and O–H groups in total. The number of nitrogens with one attached hydrogen (secondary N) is 1. The number of nitrogen functional groups attached to an aromatic ring is 1. The molecule has 0 aromatic carbocycles. The van der Waals surface area contributed by atoms with Crippen LogP contribution in [0, 0.1) is 18.8 Å². The minimum atomic E-state index is -3.48. The van der Waals surface area contributed by atoms with Gasteiger partial charge in [-0.05, 0) is 38.0 Å². The monoisotopic (exact) mass is 303 g/mol. The lowest BCUT2D eigenvalue weighted by Gasteiger charge is -2.32. The van der Waals surface area contributed by atoms with Gasteiger partial charge in [0.2, 0.25) is 0 Å². The van der Waals surface area contributed by atoms with Crippen molar-refractivity contribution in [1.82, 2.24) is 9.71 Å². The topological polar surface area (TPSA) is 85.1 Å². The zero-order valence-electron chi connectivity index (χ0n) is 11.5. The van der Waals surface area contributed by atoms with Crippen LogP contribution in [0.1, 0.15) is 38.8 Å². The van der Waals surface area contributed by atoms with Crippen molar-refractivity contribution in [2.24, 2.45) is 11.8 Å². The fraction of sp³-hybridized carbons (Fsp3) is 0.750. The molecule has 19 heavy (non-hydrogen) atoms. The highest BCUT2D eigenvalue weighted by Crippen LogP contribution is 2.31. The van der Waals surface area contributed by atoms with Gasteiger partial charge in [0, 0.05) is 6.04 Å². The molecule has 0 radical (unpaired) electrons. The molecular weight excluding hydrogens is 282 g/mol. The van der Waals surface area contributed by atoms with Crippen molar-refractivity contribution in [1.29, 1.82) is 0 Å². The Kier molecular flexibility index (Phi) is 4.17. The third-order valence-corrected chi connectivity index (χ3v) is 7.05. The van der Waals surface area contributed by atoms with Crippen molar-refractivity contribution in [3.8, 4) is 0 Å². The maximum absolute atomic E-state index is 12.3. The minimum absolute atomic E-state index is 0.0268. The molecule has 1 aliphatic carbocycles.